The van der Waals surface area contributed by atoms with Crippen molar-refractivity contribution in [3.05, 3.63) is 35.9 Å². The first-order valence-electron chi connectivity index (χ1n) is 5.76. The molecular formula is C14H21NO. The maximum Gasteiger partial charge on any atom is 0.119 e. The van der Waals surface area contributed by atoms with Crippen LogP contribution in [-0.4, -0.2) is 32.1 Å². The predicted molar refractivity (Wildman–Crippen MR) is 69.8 cm³/mol. The van der Waals surface area contributed by atoms with Gasteiger partial charge in [0.15, 0.2) is 0 Å². The molecule has 1 rings (SSSR count). The molecule has 0 saturated heterocycles. The summed E-state index contributed by atoms with van der Waals surface area (Å²) in [7, 11) is 4.09. The Morgan fingerprint density at radius 3 is 2.44 bits per heavy atom. The van der Waals surface area contributed by atoms with Crippen molar-refractivity contribution in [3.63, 3.8) is 0 Å². The zero-order chi connectivity index (χ0) is 11.8. The Morgan fingerprint density at radius 2 is 1.88 bits per heavy atom. The van der Waals surface area contributed by atoms with Gasteiger partial charge in [-0.25, -0.2) is 0 Å². The molecule has 1 aromatic carbocycles. The van der Waals surface area contributed by atoms with Gasteiger partial charge in [0.1, 0.15) is 12.4 Å². The zero-order valence-corrected chi connectivity index (χ0v) is 10.4. The van der Waals surface area contributed by atoms with Crippen molar-refractivity contribution < 1.29 is 4.74 Å². The van der Waals surface area contributed by atoms with Crippen molar-refractivity contribution in [2.75, 3.05) is 27.2 Å². The number of likely N-dealkylation sites (N-methyl/N-ethyl adjacent to an activating group) is 1. The second kappa shape index (κ2) is 7.07. The minimum absolute atomic E-state index is 0.733. The van der Waals surface area contributed by atoms with E-state index in [1.54, 1.807) is 0 Å². The molecule has 0 bridgehead atoms. The molecule has 0 aromatic heterocycles. The van der Waals surface area contributed by atoms with Crippen LogP contribution in [0.4, 0.5) is 0 Å². The second-order valence-electron chi connectivity index (χ2n) is 4.03. The fourth-order valence-electron chi connectivity index (χ4n) is 1.28. The Labute approximate surface area is 98.5 Å². The summed E-state index contributed by atoms with van der Waals surface area (Å²) in [5.41, 5.74) is 1.22. The molecule has 0 atom stereocenters. The first-order valence-corrected chi connectivity index (χ1v) is 5.76. The lowest BCUT2D eigenvalue weighted by Crippen LogP contribution is -2.19. The van der Waals surface area contributed by atoms with E-state index in [0.29, 0.717) is 0 Å². The largest absolute Gasteiger partial charge is 0.492 e. The Kier molecular flexibility index (Phi) is 5.65. The number of hydrogen-bond acceptors (Lipinski definition) is 2. The van der Waals surface area contributed by atoms with Gasteiger partial charge < -0.3 is 9.64 Å². The van der Waals surface area contributed by atoms with Gasteiger partial charge in [0, 0.05) is 6.54 Å². The molecule has 88 valence electrons. The molecule has 0 spiro atoms. The average Bonchev–Trinajstić information content (AvgIpc) is 2.27. The summed E-state index contributed by atoms with van der Waals surface area (Å²) >= 11 is 0. The van der Waals surface area contributed by atoms with Crippen LogP contribution >= 0.6 is 0 Å². The molecule has 0 fully saturated rings. The van der Waals surface area contributed by atoms with Gasteiger partial charge in [-0.1, -0.05) is 31.2 Å². The fraction of sp³-hybridized carbons (Fsp3) is 0.429. The number of hydrogen-bond donors (Lipinski definition) is 0. The first-order chi connectivity index (χ1) is 7.72. The third-order valence-corrected chi connectivity index (χ3v) is 2.23. The maximum absolute atomic E-state index is 5.61. The summed E-state index contributed by atoms with van der Waals surface area (Å²) in [5, 5.41) is 0. The lowest BCUT2D eigenvalue weighted by molar-refractivity contribution is 0.261. The van der Waals surface area contributed by atoms with Gasteiger partial charge in [0.2, 0.25) is 0 Å². The molecule has 0 N–H and O–H groups in total. The summed E-state index contributed by atoms with van der Waals surface area (Å²) in [6.45, 7) is 3.81. The van der Waals surface area contributed by atoms with Crippen molar-refractivity contribution in [1.29, 1.82) is 0 Å². The summed E-state index contributed by atoms with van der Waals surface area (Å²) in [6.07, 6.45) is 5.35. The highest BCUT2D eigenvalue weighted by molar-refractivity contribution is 5.50. The topological polar surface area (TPSA) is 12.5 Å². The minimum Gasteiger partial charge on any atom is -0.492 e. The molecule has 0 amide bonds. The van der Waals surface area contributed by atoms with Crippen LogP contribution in [0.5, 0.6) is 5.75 Å². The van der Waals surface area contributed by atoms with Crippen LogP contribution < -0.4 is 4.74 Å². The number of allylic oxidation sites excluding steroid dienone is 1. The van der Waals surface area contributed by atoms with Crippen LogP contribution in [0.15, 0.2) is 30.3 Å². The highest BCUT2D eigenvalue weighted by atomic mass is 16.5. The molecular weight excluding hydrogens is 198 g/mol. The van der Waals surface area contributed by atoms with Crippen molar-refractivity contribution >= 4 is 6.08 Å². The van der Waals surface area contributed by atoms with Crippen molar-refractivity contribution in [1.82, 2.24) is 4.90 Å². The van der Waals surface area contributed by atoms with Crippen LogP contribution in [0.2, 0.25) is 0 Å². The molecule has 0 saturated carbocycles. The minimum atomic E-state index is 0.733. The van der Waals surface area contributed by atoms with E-state index in [1.807, 2.05) is 26.2 Å². The highest BCUT2D eigenvalue weighted by Crippen LogP contribution is 2.13. The van der Waals surface area contributed by atoms with Crippen LogP contribution in [0.3, 0.4) is 0 Å². The Balaban J connectivity index is 2.42. The summed E-state index contributed by atoms with van der Waals surface area (Å²) in [5.74, 6) is 0.940. The van der Waals surface area contributed by atoms with Gasteiger partial charge in [0.25, 0.3) is 0 Å². The average molecular weight is 219 g/mol. The molecule has 1 aromatic rings. The quantitative estimate of drug-likeness (QED) is 0.729. The molecule has 0 aliphatic carbocycles. The number of ether oxygens (including phenoxy) is 1. The Morgan fingerprint density at radius 1 is 1.19 bits per heavy atom. The molecule has 0 radical (unpaired) electrons. The van der Waals surface area contributed by atoms with Gasteiger partial charge in [-0.3, -0.25) is 0 Å². The van der Waals surface area contributed by atoms with E-state index in [2.05, 4.69) is 36.1 Å². The zero-order valence-electron chi connectivity index (χ0n) is 10.4. The molecule has 0 aliphatic heterocycles. The van der Waals surface area contributed by atoms with Crippen LogP contribution in [0.1, 0.15) is 18.9 Å². The normalized spacial score (nSPS) is 11.2. The van der Waals surface area contributed by atoms with Crippen LogP contribution in [0.25, 0.3) is 6.08 Å². The van der Waals surface area contributed by atoms with Gasteiger partial charge >= 0.3 is 0 Å². The van der Waals surface area contributed by atoms with E-state index in [4.69, 9.17) is 4.74 Å². The highest BCUT2D eigenvalue weighted by Gasteiger charge is 1.94. The number of rotatable bonds is 6. The third-order valence-electron chi connectivity index (χ3n) is 2.23. The third kappa shape index (κ3) is 4.99. The molecule has 16 heavy (non-hydrogen) atoms. The summed E-state index contributed by atoms with van der Waals surface area (Å²) in [6, 6.07) is 8.20. The second-order valence-corrected chi connectivity index (χ2v) is 4.03. The predicted octanol–water partition coefficient (Wildman–Crippen LogP) is 3.05. The van der Waals surface area contributed by atoms with E-state index >= 15 is 0 Å². The molecule has 0 aliphatic rings. The van der Waals surface area contributed by atoms with Crippen LogP contribution in [-0.2, 0) is 0 Å². The smallest absolute Gasteiger partial charge is 0.119 e. The van der Waals surface area contributed by atoms with Gasteiger partial charge in [0.05, 0.1) is 0 Å². The Hall–Kier alpha value is -1.28. The van der Waals surface area contributed by atoms with E-state index in [-0.39, 0.29) is 0 Å². The van der Waals surface area contributed by atoms with Crippen molar-refractivity contribution in [2.24, 2.45) is 0 Å². The van der Waals surface area contributed by atoms with Gasteiger partial charge in [-0.15, -0.1) is 0 Å². The number of nitrogens with zero attached hydrogens (tertiary/aromatic N) is 1. The molecule has 2 nitrogen and oxygen atoms in total. The van der Waals surface area contributed by atoms with Gasteiger partial charge in [-0.05, 0) is 38.2 Å². The van der Waals surface area contributed by atoms with E-state index < -0.39 is 0 Å². The van der Waals surface area contributed by atoms with E-state index in [9.17, 15) is 0 Å². The molecule has 2 heteroatoms. The lowest BCUT2D eigenvalue weighted by atomic mass is 10.2. The molecule has 0 heterocycles. The standard InChI is InChI=1S/C14H21NO/c1-4-5-6-13-7-9-14(10-8-13)16-12-11-15(2)3/h5-10H,4,11-12H2,1-3H3. The van der Waals surface area contributed by atoms with E-state index in [1.165, 1.54) is 5.56 Å². The number of benzene rings is 1. The van der Waals surface area contributed by atoms with Crippen molar-refractivity contribution in [2.45, 2.75) is 13.3 Å². The monoisotopic (exact) mass is 219 g/mol. The first kappa shape index (κ1) is 12.8. The van der Waals surface area contributed by atoms with E-state index in [0.717, 1.165) is 25.3 Å². The lowest BCUT2D eigenvalue weighted by Gasteiger charge is -2.10. The summed E-state index contributed by atoms with van der Waals surface area (Å²) < 4.78 is 5.61. The summed E-state index contributed by atoms with van der Waals surface area (Å²) in [4.78, 5) is 2.11. The fourth-order valence-corrected chi connectivity index (χ4v) is 1.28. The van der Waals surface area contributed by atoms with Gasteiger partial charge in [-0.2, -0.15) is 0 Å². The molecule has 0 unspecified atom stereocenters. The van der Waals surface area contributed by atoms with Crippen molar-refractivity contribution in [3.8, 4) is 5.75 Å². The SMILES string of the molecule is CCC=Cc1ccc(OCCN(C)C)cc1. The maximum atomic E-state index is 5.61. The Bertz CT molecular complexity index is 314. The van der Waals surface area contributed by atoms with Crippen LogP contribution in [0, 0.1) is 0 Å².